The lowest BCUT2D eigenvalue weighted by atomic mass is 9.98. The first-order chi connectivity index (χ1) is 9.49. The van der Waals surface area contributed by atoms with Gasteiger partial charge in [-0.15, -0.1) is 11.6 Å². The van der Waals surface area contributed by atoms with Crippen LogP contribution in [0.25, 0.3) is 0 Å². The fourth-order valence-corrected chi connectivity index (χ4v) is 3.52. The Hall–Kier alpha value is -0.540. The SMILES string of the molecule is Cc1cccc(C(Cl)c2ccc(CC(C)C)cc2)c1I. The van der Waals surface area contributed by atoms with Gasteiger partial charge in [0.2, 0.25) is 0 Å². The van der Waals surface area contributed by atoms with E-state index in [0.29, 0.717) is 5.92 Å². The summed E-state index contributed by atoms with van der Waals surface area (Å²) in [6, 6.07) is 15.0. The highest BCUT2D eigenvalue weighted by atomic mass is 127. The van der Waals surface area contributed by atoms with Crippen LogP contribution in [0.15, 0.2) is 42.5 Å². The number of halogens is 2. The molecule has 0 aliphatic rings. The second kappa shape index (κ2) is 6.95. The highest BCUT2D eigenvalue weighted by Gasteiger charge is 2.14. The molecule has 0 bridgehead atoms. The Labute approximate surface area is 140 Å². The number of benzene rings is 2. The summed E-state index contributed by atoms with van der Waals surface area (Å²) < 4.78 is 1.26. The summed E-state index contributed by atoms with van der Waals surface area (Å²) in [5, 5.41) is -0.0742. The molecular formula is C18H20ClI. The van der Waals surface area contributed by atoms with Crippen LogP contribution >= 0.6 is 34.2 Å². The van der Waals surface area contributed by atoms with Gasteiger partial charge in [0.25, 0.3) is 0 Å². The molecule has 2 rings (SSSR count). The zero-order chi connectivity index (χ0) is 14.7. The number of hydrogen-bond acceptors (Lipinski definition) is 0. The van der Waals surface area contributed by atoms with E-state index in [1.54, 1.807) is 0 Å². The first kappa shape index (κ1) is 15.8. The van der Waals surface area contributed by atoms with E-state index < -0.39 is 0 Å². The highest BCUT2D eigenvalue weighted by Crippen LogP contribution is 2.33. The van der Waals surface area contributed by atoms with E-state index in [4.69, 9.17) is 11.6 Å². The van der Waals surface area contributed by atoms with Gasteiger partial charge in [0.1, 0.15) is 0 Å². The van der Waals surface area contributed by atoms with Crippen LogP contribution in [0.4, 0.5) is 0 Å². The number of hydrogen-bond donors (Lipinski definition) is 0. The molecule has 0 N–H and O–H groups in total. The van der Waals surface area contributed by atoms with E-state index in [-0.39, 0.29) is 5.38 Å². The molecule has 0 spiro atoms. The van der Waals surface area contributed by atoms with Gasteiger partial charge >= 0.3 is 0 Å². The summed E-state index contributed by atoms with van der Waals surface area (Å²) in [5.74, 6) is 0.686. The Morgan fingerprint density at radius 2 is 1.70 bits per heavy atom. The standard InChI is InChI=1S/C18H20ClI/c1-12(2)11-14-7-9-15(10-8-14)17(19)16-6-4-5-13(3)18(16)20/h4-10,12,17H,11H2,1-3H3. The summed E-state index contributed by atoms with van der Waals surface area (Å²) >= 11 is 9.05. The molecule has 0 heterocycles. The minimum absolute atomic E-state index is 0.0742. The van der Waals surface area contributed by atoms with Crippen molar-refractivity contribution in [2.75, 3.05) is 0 Å². The second-order valence-corrected chi connectivity index (χ2v) is 7.20. The molecule has 0 aromatic heterocycles. The van der Waals surface area contributed by atoms with E-state index in [2.05, 4.69) is 85.8 Å². The van der Waals surface area contributed by atoms with Gasteiger partial charge in [0, 0.05) is 3.57 Å². The molecule has 2 heteroatoms. The second-order valence-electron chi connectivity index (χ2n) is 5.68. The van der Waals surface area contributed by atoms with E-state index in [9.17, 15) is 0 Å². The molecule has 0 saturated heterocycles. The van der Waals surface area contributed by atoms with Crippen LogP contribution in [0.2, 0.25) is 0 Å². The molecule has 1 unspecified atom stereocenters. The van der Waals surface area contributed by atoms with E-state index in [1.807, 2.05) is 0 Å². The zero-order valence-corrected chi connectivity index (χ0v) is 15.1. The minimum Gasteiger partial charge on any atom is -0.113 e. The lowest BCUT2D eigenvalue weighted by Gasteiger charge is -2.15. The molecule has 0 saturated carbocycles. The van der Waals surface area contributed by atoms with Gasteiger partial charge in [-0.1, -0.05) is 56.3 Å². The summed E-state index contributed by atoms with van der Waals surface area (Å²) in [5.41, 5.74) is 5.03. The van der Waals surface area contributed by atoms with Crippen molar-refractivity contribution in [1.29, 1.82) is 0 Å². The van der Waals surface area contributed by atoms with Crippen molar-refractivity contribution in [3.8, 4) is 0 Å². The van der Waals surface area contributed by atoms with Gasteiger partial charge in [-0.05, 0) is 64.1 Å². The lowest BCUT2D eigenvalue weighted by Crippen LogP contribution is -1.99. The monoisotopic (exact) mass is 398 g/mol. The lowest BCUT2D eigenvalue weighted by molar-refractivity contribution is 0.647. The maximum atomic E-state index is 6.66. The van der Waals surface area contributed by atoms with Crippen molar-refractivity contribution >= 4 is 34.2 Å². The van der Waals surface area contributed by atoms with Crippen LogP contribution in [0.5, 0.6) is 0 Å². The number of rotatable bonds is 4. The first-order valence-corrected chi connectivity index (χ1v) is 8.48. The normalized spacial score (nSPS) is 12.7. The van der Waals surface area contributed by atoms with Gasteiger partial charge in [0.15, 0.2) is 0 Å². The maximum Gasteiger partial charge on any atom is 0.0845 e. The molecule has 1 atom stereocenters. The third kappa shape index (κ3) is 3.76. The molecule has 2 aromatic rings. The average Bonchev–Trinajstić information content (AvgIpc) is 2.41. The summed E-state index contributed by atoms with van der Waals surface area (Å²) in [7, 11) is 0. The smallest absolute Gasteiger partial charge is 0.0845 e. The quantitative estimate of drug-likeness (QED) is 0.429. The Bertz CT molecular complexity index is 572. The minimum atomic E-state index is -0.0742. The van der Waals surface area contributed by atoms with Crippen LogP contribution in [0.3, 0.4) is 0 Å². The van der Waals surface area contributed by atoms with E-state index >= 15 is 0 Å². The largest absolute Gasteiger partial charge is 0.113 e. The van der Waals surface area contributed by atoms with Crippen molar-refractivity contribution in [1.82, 2.24) is 0 Å². The van der Waals surface area contributed by atoms with E-state index in [0.717, 1.165) is 6.42 Å². The molecular weight excluding hydrogens is 379 g/mol. The molecule has 0 fully saturated rings. The third-order valence-electron chi connectivity index (χ3n) is 3.41. The van der Waals surface area contributed by atoms with Crippen LogP contribution in [-0.2, 0) is 6.42 Å². The van der Waals surface area contributed by atoms with Crippen LogP contribution < -0.4 is 0 Å². The van der Waals surface area contributed by atoms with Crippen LogP contribution in [0.1, 0.15) is 41.5 Å². The van der Waals surface area contributed by atoms with Gasteiger partial charge in [-0.3, -0.25) is 0 Å². The molecule has 106 valence electrons. The van der Waals surface area contributed by atoms with Crippen molar-refractivity contribution < 1.29 is 0 Å². The van der Waals surface area contributed by atoms with Crippen molar-refractivity contribution in [2.45, 2.75) is 32.6 Å². The summed E-state index contributed by atoms with van der Waals surface area (Å²) in [4.78, 5) is 0. The predicted octanol–water partition coefficient (Wildman–Crippen LogP) is 6.13. The summed E-state index contributed by atoms with van der Waals surface area (Å²) in [6.45, 7) is 6.61. The number of aryl methyl sites for hydroxylation is 1. The molecule has 0 aliphatic carbocycles. The molecule has 0 radical (unpaired) electrons. The third-order valence-corrected chi connectivity index (χ3v) is 5.37. The fourth-order valence-electron chi connectivity index (χ4n) is 2.34. The predicted molar refractivity (Wildman–Crippen MR) is 96.6 cm³/mol. The Morgan fingerprint density at radius 3 is 2.30 bits per heavy atom. The van der Waals surface area contributed by atoms with Gasteiger partial charge < -0.3 is 0 Å². The Kier molecular flexibility index (Phi) is 5.50. The van der Waals surface area contributed by atoms with Crippen molar-refractivity contribution in [2.24, 2.45) is 5.92 Å². The topological polar surface area (TPSA) is 0 Å². The molecule has 0 aliphatic heterocycles. The van der Waals surface area contributed by atoms with Gasteiger partial charge in [-0.2, -0.15) is 0 Å². The van der Waals surface area contributed by atoms with Gasteiger partial charge in [0.05, 0.1) is 5.38 Å². The average molecular weight is 399 g/mol. The van der Waals surface area contributed by atoms with Crippen LogP contribution in [0, 0.1) is 16.4 Å². The molecule has 0 nitrogen and oxygen atoms in total. The zero-order valence-electron chi connectivity index (χ0n) is 12.2. The van der Waals surface area contributed by atoms with Crippen LogP contribution in [-0.4, -0.2) is 0 Å². The number of alkyl halides is 1. The highest BCUT2D eigenvalue weighted by molar-refractivity contribution is 14.1. The van der Waals surface area contributed by atoms with Crippen molar-refractivity contribution in [3.63, 3.8) is 0 Å². The Morgan fingerprint density at radius 1 is 1.05 bits per heavy atom. The Balaban J connectivity index is 2.25. The van der Waals surface area contributed by atoms with Gasteiger partial charge in [-0.25, -0.2) is 0 Å². The van der Waals surface area contributed by atoms with Crippen molar-refractivity contribution in [3.05, 3.63) is 68.3 Å². The fraction of sp³-hybridized carbons (Fsp3) is 0.333. The molecule has 2 aromatic carbocycles. The molecule has 0 amide bonds. The summed E-state index contributed by atoms with van der Waals surface area (Å²) in [6.07, 6.45) is 1.12. The first-order valence-electron chi connectivity index (χ1n) is 6.97. The van der Waals surface area contributed by atoms with E-state index in [1.165, 1.54) is 25.8 Å². The molecule has 20 heavy (non-hydrogen) atoms. The maximum absolute atomic E-state index is 6.66.